The van der Waals surface area contributed by atoms with Gasteiger partial charge < -0.3 is 14.4 Å². The van der Waals surface area contributed by atoms with E-state index < -0.39 is 17.7 Å². The van der Waals surface area contributed by atoms with Crippen molar-refractivity contribution in [3.05, 3.63) is 30.0 Å². The number of nitrogens with one attached hydrogen (secondary N) is 1. The molecule has 21 heavy (non-hydrogen) atoms. The summed E-state index contributed by atoms with van der Waals surface area (Å²) >= 11 is 0. The number of carboxylic acids is 1. The Balaban J connectivity index is 2.50. The molecule has 6 nitrogen and oxygen atoms in total. The molecule has 2 aromatic rings. The summed E-state index contributed by atoms with van der Waals surface area (Å²) in [5, 5.41) is 12.6. The van der Waals surface area contributed by atoms with E-state index in [1.807, 2.05) is 6.07 Å². The van der Waals surface area contributed by atoms with Crippen LogP contribution in [-0.2, 0) is 11.8 Å². The molecule has 112 valence electrons. The first-order chi connectivity index (χ1) is 9.70. The van der Waals surface area contributed by atoms with E-state index in [9.17, 15) is 14.7 Å². The number of nitrogens with zero attached hydrogens (tertiary/aromatic N) is 1. The van der Waals surface area contributed by atoms with Crippen LogP contribution >= 0.6 is 0 Å². The second-order valence-electron chi connectivity index (χ2n) is 5.73. The van der Waals surface area contributed by atoms with Crippen LogP contribution in [0.2, 0.25) is 0 Å². The van der Waals surface area contributed by atoms with Gasteiger partial charge in [-0.25, -0.2) is 9.59 Å². The van der Waals surface area contributed by atoms with Crippen LogP contribution in [0.1, 0.15) is 31.3 Å². The number of aromatic carboxylic acids is 1. The van der Waals surface area contributed by atoms with Gasteiger partial charge in [0.1, 0.15) is 5.60 Å². The van der Waals surface area contributed by atoms with E-state index in [1.54, 1.807) is 46.0 Å². The van der Waals surface area contributed by atoms with E-state index in [0.717, 1.165) is 5.52 Å². The van der Waals surface area contributed by atoms with Crippen LogP contribution in [0.5, 0.6) is 0 Å². The Kier molecular flexibility index (Phi) is 3.63. The van der Waals surface area contributed by atoms with Crippen LogP contribution in [0, 0.1) is 0 Å². The third-order valence-corrected chi connectivity index (χ3v) is 2.94. The molecule has 2 rings (SSSR count). The van der Waals surface area contributed by atoms with Crippen LogP contribution in [0.25, 0.3) is 10.9 Å². The van der Waals surface area contributed by atoms with E-state index in [0.29, 0.717) is 5.39 Å². The monoisotopic (exact) mass is 290 g/mol. The van der Waals surface area contributed by atoms with E-state index in [1.165, 1.54) is 4.57 Å². The summed E-state index contributed by atoms with van der Waals surface area (Å²) in [6.07, 6.45) is -0.679. The average molecular weight is 290 g/mol. The Hall–Kier alpha value is -2.50. The minimum Gasteiger partial charge on any atom is -0.477 e. The number of carboxylic acid groups (broad SMARTS) is 1. The average Bonchev–Trinajstić information content (AvgIpc) is 2.61. The number of rotatable bonds is 2. The first kappa shape index (κ1) is 14.9. The zero-order chi connectivity index (χ0) is 15.8. The first-order valence-corrected chi connectivity index (χ1v) is 6.51. The number of benzene rings is 1. The van der Waals surface area contributed by atoms with Crippen molar-refractivity contribution in [3.63, 3.8) is 0 Å². The predicted molar refractivity (Wildman–Crippen MR) is 79.7 cm³/mol. The number of carbonyl (C=O) groups is 2. The second kappa shape index (κ2) is 5.12. The molecule has 0 aliphatic carbocycles. The SMILES string of the molecule is Cn1c(C(=O)O)c(NC(=O)OC(C)(C)C)c2ccccc21. The highest BCUT2D eigenvalue weighted by Gasteiger charge is 2.24. The van der Waals surface area contributed by atoms with Gasteiger partial charge in [-0.1, -0.05) is 18.2 Å². The fraction of sp³-hybridized carbons (Fsp3) is 0.333. The van der Waals surface area contributed by atoms with Gasteiger partial charge in [0, 0.05) is 12.4 Å². The number of fused-ring (bicyclic) bond motifs is 1. The fourth-order valence-electron chi connectivity index (χ4n) is 2.18. The zero-order valence-corrected chi connectivity index (χ0v) is 12.4. The Morgan fingerprint density at radius 1 is 1.24 bits per heavy atom. The molecule has 0 spiro atoms. The fourth-order valence-corrected chi connectivity index (χ4v) is 2.18. The number of hydrogen-bond acceptors (Lipinski definition) is 3. The lowest BCUT2D eigenvalue weighted by atomic mass is 10.2. The van der Waals surface area contributed by atoms with Gasteiger partial charge in [-0.05, 0) is 26.8 Å². The molecule has 0 saturated carbocycles. The number of para-hydroxylation sites is 1. The molecule has 0 bridgehead atoms. The summed E-state index contributed by atoms with van der Waals surface area (Å²) in [4.78, 5) is 23.4. The minimum atomic E-state index is -1.11. The van der Waals surface area contributed by atoms with Crippen LogP contribution < -0.4 is 5.32 Å². The Bertz CT molecular complexity index is 710. The molecule has 0 atom stereocenters. The normalized spacial score (nSPS) is 11.4. The van der Waals surface area contributed by atoms with Gasteiger partial charge in [-0.15, -0.1) is 0 Å². The molecule has 0 fully saturated rings. The lowest BCUT2D eigenvalue weighted by molar-refractivity contribution is 0.0636. The highest BCUT2D eigenvalue weighted by Crippen LogP contribution is 2.30. The Morgan fingerprint density at radius 2 is 1.86 bits per heavy atom. The highest BCUT2D eigenvalue weighted by atomic mass is 16.6. The van der Waals surface area contributed by atoms with Gasteiger partial charge in [0.15, 0.2) is 5.69 Å². The van der Waals surface area contributed by atoms with Gasteiger partial charge in [0.05, 0.1) is 11.2 Å². The lowest BCUT2D eigenvalue weighted by Crippen LogP contribution is -2.27. The molecule has 1 aromatic heterocycles. The largest absolute Gasteiger partial charge is 0.477 e. The molecule has 2 N–H and O–H groups in total. The van der Waals surface area contributed by atoms with E-state index in [-0.39, 0.29) is 11.4 Å². The summed E-state index contributed by atoms with van der Waals surface area (Å²) in [6.45, 7) is 5.23. The van der Waals surface area contributed by atoms with Crippen LogP contribution in [0.15, 0.2) is 24.3 Å². The van der Waals surface area contributed by atoms with Gasteiger partial charge in [0.2, 0.25) is 0 Å². The number of amides is 1. The number of carbonyl (C=O) groups excluding carboxylic acids is 1. The third-order valence-electron chi connectivity index (χ3n) is 2.94. The van der Waals surface area contributed by atoms with Crippen molar-refractivity contribution in [3.8, 4) is 0 Å². The maximum Gasteiger partial charge on any atom is 0.412 e. The van der Waals surface area contributed by atoms with Crippen molar-refractivity contribution in [1.29, 1.82) is 0 Å². The smallest absolute Gasteiger partial charge is 0.412 e. The maximum atomic E-state index is 11.9. The van der Waals surface area contributed by atoms with Crippen LogP contribution in [-0.4, -0.2) is 27.3 Å². The molecule has 0 aliphatic heterocycles. The predicted octanol–water partition coefficient (Wildman–Crippen LogP) is 3.22. The van der Waals surface area contributed by atoms with Gasteiger partial charge in [0.25, 0.3) is 0 Å². The molecule has 1 aromatic carbocycles. The number of aromatic nitrogens is 1. The van der Waals surface area contributed by atoms with E-state index in [4.69, 9.17) is 4.74 Å². The van der Waals surface area contributed by atoms with Gasteiger partial charge in [-0.2, -0.15) is 0 Å². The molecular weight excluding hydrogens is 272 g/mol. The van der Waals surface area contributed by atoms with Gasteiger partial charge in [-0.3, -0.25) is 5.32 Å². The topological polar surface area (TPSA) is 80.6 Å². The summed E-state index contributed by atoms with van der Waals surface area (Å²) in [7, 11) is 1.64. The summed E-state index contributed by atoms with van der Waals surface area (Å²) in [6, 6.07) is 7.15. The van der Waals surface area contributed by atoms with Crippen molar-refractivity contribution in [1.82, 2.24) is 4.57 Å². The van der Waals surface area contributed by atoms with E-state index in [2.05, 4.69) is 5.32 Å². The quantitative estimate of drug-likeness (QED) is 0.889. The molecule has 1 heterocycles. The Morgan fingerprint density at radius 3 is 2.43 bits per heavy atom. The highest BCUT2D eigenvalue weighted by molar-refractivity contribution is 6.10. The number of hydrogen-bond donors (Lipinski definition) is 2. The first-order valence-electron chi connectivity index (χ1n) is 6.51. The van der Waals surface area contributed by atoms with Crippen molar-refractivity contribution in [2.45, 2.75) is 26.4 Å². The molecule has 1 amide bonds. The van der Waals surface area contributed by atoms with Crippen molar-refractivity contribution in [2.24, 2.45) is 7.05 Å². The zero-order valence-electron chi connectivity index (χ0n) is 12.4. The van der Waals surface area contributed by atoms with Crippen LogP contribution in [0.4, 0.5) is 10.5 Å². The number of aryl methyl sites for hydroxylation is 1. The summed E-state index contributed by atoms with van der Waals surface area (Å²) in [5.41, 5.74) is 0.329. The molecule has 0 unspecified atom stereocenters. The van der Waals surface area contributed by atoms with Crippen molar-refractivity contribution < 1.29 is 19.4 Å². The third kappa shape index (κ3) is 2.99. The molecule has 0 saturated heterocycles. The standard InChI is InChI=1S/C15H18N2O4/c1-15(2,3)21-14(20)16-11-9-7-5-6-8-10(9)17(4)12(11)13(18)19/h5-8H,1-4H3,(H,16,20)(H,18,19). The molecule has 6 heteroatoms. The molecule has 0 radical (unpaired) electrons. The maximum absolute atomic E-state index is 11.9. The molecule has 0 aliphatic rings. The Labute approximate surface area is 122 Å². The van der Waals surface area contributed by atoms with E-state index >= 15 is 0 Å². The summed E-state index contributed by atoms with van der Waals surface area (Å²) < 4.78 is 6.71. The lowest BCUT2D eigenvalue weighted by Gasteiger charge is -2.19. The number of anilines is 1. The number of ether oxygens (including phenoxy) is 1. The summed E-state index contributed by atoms with van der Waals surface area (Å²) in [5.74, 6) is -1.11. The van der Waals surface area contributed by atoms with Crippen molar-refractivity contribution >= 4 is 28.7 Å². The molecular formula is C15H18N2O4. The van der Waals surface area contributed by atoms with Gasteiger partial charge >= 0.3 is 12.1 Å². The second-order valence-corrected chi connectivity index (χ2v) is 5.73. The minimum absolute atomic E-state index is 0.0158. The van der Waals surface area contributed by atoms with Crippen molar-refractivity contribution in [2.75, 3.05) is 5.32 Å². The van der Waals surface area contributed by atoms with Crippen LogP contribution in [0.3, 0.4) is 0 Å².